The van der Waals surface area contributed by atoms with E-state index in [4.69, 9.17) is 4.74 Å². The molecule has 0 aliphatic heterocycles. The van der Waals surface area contributed by atoms with Gasteiger partial charge in [0.2, 0.25) is 0 Å². The van der Waals surface area contributed by atoms with Gasteiger partial charge in [0.1, 0.15) is 11.4 Å². The van der Waals surface area contributed by atoms with Gasteiger partial charge >= 0.3 is 0 Å². The number of unbranched alkanes of at least 4 members (excludes halogenated alkanes) is 1. The monoisotopic (exact) mass is 442 g/mol. The molecule has 3 aromatic carbocycles. The summed E-state index contributed by atoms with van der Waals surface area (Å²) in [6.45, 7) is 1.65. The second kappa shape index (κ2) is 12.9. The molecule has 0 aliphatic carbocycles. The van der Waals surface area contributed by atoms with Crippen LogP contribution in [0.15, 0.2) is 103 Å². The lowest BCUT2D eigenvalue weighted by atomic mass is 9.79. The molecule has 172 valence electrons. The molecule has 3 heteroatoms. The number of Topliss-reactive ketones (excluding diaryl/α,β-unsaturated/α-hetero) is 1. The van der Waals surface area contributed by atoms with Gasteiger partial charge in [-0.15, -0.1) is 0 Å². The molecule has 0 radical (unpaired) electrons. The van der Waals surface area contributed by atoms with Crippen LogP contribution in [0.2, 0.25) is 0 Å². The van der Waals surface area contributed by atoms with Crippen LogP contribution in [0.25, 0.3) is 0 Å². The second-order valence-electron chi connectivity index (χ2n) is 8.36. The lowest BCUT2D eigenvalue weighted by Crippen LogP contribution is -2.37. The van der Waals surface area contributed by atoms with E-state index < -0.39 is 5.60 Å². The molecular formula is C30H34O3. The van der Waals surface area contributed by atoms with Crippen LogP contribution in [0.5, 0.6) is 0 Å². The maximum atomic E-state index is 11.4. The summed E-state index contributed by atoms with van der Waals surface area (Å²) in [6.07, 6.45) is 7.55. The molecule has 0 aliphatic rings. The maximum absolute atomic E-state index is 11.4. The summed E-state index contributed by atoms with van der Waals surface area (Å²) in [5.41, 5.74) is 2.44. The Morgan fingerprint density at radius 1 is 0.818 bits per heavy atom. The van der Waals surface area contributed by atoms with Gasteiger partial charge in [0.15, 0.2) is 0 Å². The maximum Gasteiger partial charge on any atom is 0.144 e. The Morgan fingerprint density at radius 2 is 1.30 bits per heavy atom. The molecule has 0 aromatic heterocycles. The Kier molecular flexibility index (Phi) is 9.61. The first kappa shape index (κ1) is 24.6. The Hall–Kier alpha value is -3.01. The van der Waals surface area contributed by atoms with E-state index in [1.54, 1.807) is 13.0 Å². The van der Waals surface area contributed by atoms with Gasteiger partial charge in [-0.1, -0.05) is 110 Å². The largest absolute Gasteiger partial charge is 0.392 e. The lowest BCUT2D eigenvalue weighted by Gasteiger charge is -2.39. The summed E-state index contributed by atoms with van der Waals surface area (Å²) in [6, 6.07) is 31.1. The van der Waals surface area contributed by atoms with Crippen LogP contribution in [-0.4, -0.2) is 23.6 Å². The molecule has 1 N–H and O–H groups in total. The van der Waals surface area contributed by atoms with Crippen molar-refractivity contribution in [1.29, 1.82) is 0 Å². The van der Waals surface area contributed by atoms with E-state index in [0.717, 1.165) is 36.0 Å². The number of hydrogen-bond acceptors (Lipinski definition) is 3. The molecule has 1 unspecified atom stereocenters. The van der Waals surface area contributed by atoms with Gasteiger partial charge in [0, 0.05) is 6.42 Å². The Morgan fingerprint density at radius 3 is 1.73 bits per heavy atom. The van der Waals surface area contributed by atoms with Gasteiger partial charge in [0.25, 0.3) is 0 Å². The first-order valence-corrected chi connectivity index (χ1v) is 11.8. The predicted octanol–water partition coefficient (Wildman–Crippen LogP) is 6.45. The SMILES string of the molecule is CC(=O)CCCCC(CC=CCO)OC(c1ccccc1)(c1ccccc1)c1ccccc1. The molecular weight excluding hydrogens is 408 g/mol. The molecule has 3 rings (SSSR count). The van der Waals surface area contributed by atoms with Crippen molar-refractivity contribution in [2.75, 3.05) is 6.61 Å². The van der Waals surface area contributed by atoms with E-state index in [-0.39, 0.29) is 18.5 Å². The number of aliphatic hydroxyl groups is 1. The van der Waals surface area contributed by atoms with Crippen LogP contribution in [0.1, 0.15) is 55.7 Å². The Bertz CT molecular complexity index is 884. The number of carbonyl (C=O) groups excluding carboxylic acids is 1. The standard InChI is InChI=1S/C30H34O3/c1-25(32)15-11-12-22-29(23-13-14-24-31)33-30(26-16-5-2-6-17-26,27-18-7-3-8-19-27)28-20-9-4-10-21-28/h2-10,13-14,16-21,29,31H,11-12,15,22-24H2,1H3. The first-order chi connectivity index (χ1) is 16.2. The molecule has 0 amide bonds. The van der Waals surface area contributed by atoms with Crippen LogP contribution in [0, 0.1) is 0 Å². The van der Waals surface area contributed by atoms with E-state index in [0.29, 0.717) is 12.8 Å². The van der Waals surface area contributed by atoms with E-state index in [1.807, 2.05) is 60.7 Å². The van der Waals surface area contributed by atoms with Crippen molar-refractivity contribution in [1.82, 2.24) is 0 Å². The average molecular weight is 443 g/mol. The molecule has 0 fully saturated rings. The Balaban J connectivity index is 2.06. The lowest BCUT2D eigenvalue weighted by molar-refractivity contribution is -0.117. The van der Waals surface area contributed by atoms with E-state index in [9.17, 15) is 9.90 Å². The molecule has 0 bridgehead atoms. The minimum atomic E-state index is -0.776. The highest BCUT2D eigenvalue weighted by Crippen LogP contribution is 2.42. The van der Waals surface area contributed by atoms with Gasteiger partial charge in [-0.3, -0.25) is 0 Å². The number of benzene rings is 3. The minimum Gasteiger partial charge on any atom is -0.392 e. The van der Waals surface area contributed by atoms with Crippen LogP contribution in [-0.2, 0) is 15.1 Å². The van der Waals surface area contributed by atoms with Gasteiger partial charge in [-0.25, -0.2) is 0 Å². The van der Waals surface area contributed by atoms with Gasteiger partial charge < -0.3 is 14.6 Å². The fraction of sp³-hybridized carbons (Fsp3) is 0.300. The molecule has 0 heterocycles. The third kappa shape index (κ3) is 6.74. The average Bonchev–Trinajstić information content (AvgIpc) is 2.86. The smallest absolute Gasteiger partial charge is 0.144 e. The number of carbonyl (C=O) groups is 1. The highest BCUT2D eigenvalue weighted by Gasteiger charge is 2.39. The number of ether oxygens (including phenoxy) is 1. The van der Waals surface area contributed by atoms with Crippen LogP contribution >= 0.6 is 0 Å². The zero-order valence-corrected chi connectivity index (χ0v) is 19.4. The third-order valence-electron chi connectivity index (χ3n) is 5.86. The number of ketones is 1. The van der Waals surface area contributed by atoms with E-state index in [2.05, 4.69) is 36.4 Å². The summed E-state index contributed by atoms with van der Waals surface area (Å²) in [5, 5.41) is 9.26. The third-order valence-corrected chi connectivity index (χ3v) is 5.86. The Labute approximate surface area is 197 Å². The minimum absolute atomic E-state index is 0.0122. The van der Waals surface area contributed by atoms with E-state index in [1.165, 1.54) is 0 Å². The summed E-state index contributed by atoms with van der Waals surface area (Å²) in [4.78, 5) is 11.4. The zero-order chi connectivity index (χ0) is 23.4. The normalized spacial score (nSPS) is 12.7. The molecule has 33 heavy (non-hydrogen) atoms. The van der Waals surface area contributed by atoms with Crippen LogP contribution < -0.4 is 0 Å². The molecule has 3 nitrogen and oxygen atoms in total. The molecule has 3 aromatic rings. The quantitative estimate of drug-likeness (QED) is 0.188. The van der Waals surface area contributed by atoms with Crippen molar-refractivity contribution < 1.29 is 14.6 Å². The van der Waals surface area contributed by atoms with E-state index >= 15 is 0 Å². The van der Waals surface area contributed by atoms with Crippen molar-refractivity contribution >= 4 is 5.78 Å². The fourth-order valence-corrected chi connectivity index (χ4v) is 4.27. The van der Waals surface area contributed by atoms with Gasteiger partial charge in [-0.05, 0) is 42.9 Å². The summed E-state index contributed by atoms with van der Waals surface area (Å²) >= 11 is 0. The topological polar surface area (TPSA) is 46.5 Å². The van der Waals surface area contributed by atoms with Crippen molar-refractivity contribution in [2.24, 2.45) is 0 Å². The molecule has 0 saturated carbocycles. The number of rotatable bonds is 13. The van der Waals surface area contributed by atoms with Crippen molar-refractivity contribution in [3.8, 4) is 0 Å². The van der Waals surface area contributed by atoms with Crippen LogP contribution in [0.3, 0.4) is 0 Å². The summed E-state index contributed by atoms with van der Waals surface area (Å²) in [5.74, 6) is 0.222. The summed E-state index contributed by atoms with van der Waals surface area (Å²) in [7, 11) is 0. The van der Waals surface area contributed by atoms with Crippen molar-refractivity contribution in [2.45, 2.75) is 50.7 Å². The van der Waals surface area contributed by atoms with Crippen LogP contribution in [0.4, 0.5) is 0 Å². The predicted molar refractivity (Wildman–Crippen MR) is 134 cm³/mol. The van der Waals surface area contributed by atoms with Gasteiger partial charge in [-0.2, -0.15) is 0 Å². The van der Waals surface area contributed by atoms with Gasteiger partial charge in [0.05, 0.1) is 12.7 Å². The van der Waals surface area contributed by atoms with Crippen molar-refractivity contribution in [3.05, 3.63) is 120 Å². The second-order valence-corrected chi connectivity index (χ2v) is 8.36. The highest BCUT2D eigenvalue weighted by molar-refractivity contribution is 5.75. The molecule has 1 atom stereocenters. The first-order valence-electron chi connectivity index (χ1n) is 11.8. The highest BCUT2D eigenvalue weighted by atomic mass is 16.5. The van der Waals surface area contributed by atoms with Crippen molar-refractivity contribution in [3.63, 3.8) is 0 Å². The molecule has 0 saturated heterocycles. The number of hydrogen-bond donors (Lipinski definition) is 1. The fourth-order valence-electron chi connectivity index (χ4n) is 4.27. The molecule has 0 spiro atoms. The number of aliphatic hydroxyl groups excluding tert-OH is 1. The summed E-state index contributed by atoms with van der Waals surface area (Å²) < 4.78 is 7.13. The zero-order valence-electron chi connectivity index (χ0n) is 19.4.